The van der Waals surface area contributed by atoms with E-state index in [4.69, 9.17) is 21.7 Å². The second kappa shape index (κ2) is 22.4. The Bertz CT molecular complexity index is 469. The molecule has 3 unspecified atom stereocenters. The van der Waals surface area contributed by atoms with E-state index >= 15 is 0 Å². The first kappa shape index (κ1) is 31.6. The minimum Gasteiger partial charge on any atom is -0.480 e. The quantitative estimate of drug-likeness (QED) is 0.0924. The number of carbonyl (C=O) groups is 2. The minimum atomic E-state index is -0.984. The van der Waals surface area contributed by atoms with Gasteiger partial charge >= 0.3 is 11.9 Å². The molecule has 0 aliphatic carbocycles. The molecular formula is C24H48N2O4S2. The molecule has 0 bridgehead atoms. The number of carboxylic acids is 2. The standard InChI is InChI=1S/C24H48N2O4S2/c1-2-3-4-5-6-7-8-9-10-11-12-13-14-15-16-20(19-22(26)24(29)30)32-31-18-17-21(25)23(27)28/h20-22H,2-19,25-26H2,1H3,(H,27,28)(H,29,30). The summed E-state index contributed by atoms with van der Waals surface area (Å²) >= 11 is 0. The highest BCUT2D eigenvalue weighted by molar-refractivity contribution is 8.76. The Morgan fingerprint density at radius 3 is 1.56 bits per heavy atom. The molecule has 0 saturated carbocycles. The zero-order valence-corrected chi connectivity index (χ0v) is 21.8. The SMILES string of the molecule is CCCCCCCCCCCCCCCCC(CC(N)C(=O)O)SSCCC(N)C(=O)O. The van der Waals surface area contributed by atoms with Crippen LogP contribution in [0.3, 0.4) is 0 Å². The number of nitrogens with two attached hydrogens (primary N) is 2. The highest BCUT2D eigenvalue weighted by Gasteiger charge is 2.20. The van der Waals surface area contributed by atoms with Crippen molar-refractivity contribution in [2.75, 3.05) is 5.75 Å². The molecule has 6 N–H and O–H groups in total. The number of carboxylic acid groups (broad SMARTS) is 2. The molecule has 190 valence electrons. The van der Waals surface area contributed by atoms with Crippen LogP contribution in [0.25, 0.3) is 0 Å². The number of hydrogen-bond acceptors (Lipinski definition) is 6. The molecular weight excluding hydrogens is 444 g/mol. The highest BCUT2D eigenvalue weighted by Crippen LogP contribution is 2.33. The summed E-state index contributed by atoms with van der Waals surface area (Å²) in [6.07, 6.45) is 20.3. The number of hydrogen-bond donors (Lipinski definition) is 4. The third-order valence-corrected chi connectivity index (χ3v) is 8.71. The number of rotatable bonds is 24. The molecule has 0 rings (SSSR count). The van der Waals surface area contributed by atoms with E-state index in [0.29, 0.717) is 18.6 Å². The molecule has 0 heterocycles. The van der Waals surface area contributed by atoms with E-state index in [1.165, 1.54) is 83.5 Å². The van der Waals surface area contributed by atoms with Gasteiger partial charge in [-0.15, -0.1) is 0 Å². The lowest BCUT2D eigenvalue weighted by molar-refractivity contribution is -0.139. The van der Waals surface area contributed by atoms with Crippen LogP contribution in [0, 0.1) is 0 Å². The fourth-order valence-electron chi connectivity index (χ4n) is 3.60. The monoisotopic (exact) mass is 492 g/mol. The molecule has 6 nitrogen and oxygen atoms in total. The lowest BCUT2D eigenvalue weighted by Crippen LogP contribution is -2.33. The lowest BCUT2D eigenvalue weighted by Gasteiger charge is -2.18. The van der Waals surface area contributed by atoms with Crippen molar-refractivity contribution < 1.29 is 19.8 Å². The molecule has 0 fully saturated rings. The summed E-state index contributed by atoms with van der Waals surface area (Å²) in [5.74, 6) is -1.31. The summed E-state index contributed by atoms with van der Waals surface area (Å²) in [7, 11) is 3.20. The zero-order chi connectivity index (χ0) is 24.0. The Morgan fingerprint density at radius 2 is 1.12 bits per heavy atom. The normalized spacial score (nSPS) is 14.2. The number of aliphatic carboxylic acids is 2. The van der Waals surface area contributed by atoms with Gasteiger partial charge in [-0.25, -0.2) is 0 Å². The first-order chi connectivity index (χ1) is 15.4. The summed E-state index contributed by atoms with van der Waals surface area (Å²) in [4.78, 5) is 21.9. The summed E-state index contributed by atoms with van der Waals surface area (Å²) in [6, 6.07) is -1.69. The van der Waals surface area contributed by atoms with E-state index in [-0.39, 0.29) is 5.25 Å². The molecule has 0 aromatic carbocycles. The van der Waals surface area contributed by atoms with E-state index < -0.39 is 24.0 Å². The maximum atomic E-state index is 11.1. The van der Waals surface area contributed by atoms with Crippen LogP contribution in [-0.4, -0.2) is 45.2 Å². The van der Waals surface area contributed by atoms with E-state index in [1.807, 2.05) is 0 Å². The summed E-state index contributed by atoms with van der Waals surface area (Å²) in [6.45, 7) is 2.26. The van der Waals surface area contributed by atoms with Crippen LogP contribution in [-0.2, 0) is 9.59 Å². The van der Waals surface area contributed by atoms with E-state index in [0.717, 1.165) is 12.8 Å². The topological polar surface area (TPSA) is 127 Å². The van der Waals surface area contributed by atoms with Crippen molar-refractivity contribution in [3.8, 4) is 0 Å². The molecule has 32 heavy (non-hydrogen) atoms. The second-order valence-electron chi connectivity index (χ2n) is 8.84. The molecule has 0 aromatic heterocycles. The van der Waals surface area contributed by atoms with Crippen LogP contribution in [0.5, 0.6) is 0 Å². The maximum Gasteiger partial charge on any atom is 0.320 e. The van der Waals surface area contributed by atoms with E-state index in [1.54, 1.807) is 21.6 Å². The van der Waals surface area contributed by atoms with Gasteiger partial charge in [0.1, 0.15) is 12.1 Å². The van der Waals surface area contributed by atoms with Crippen LogP contribution in [0.2, 0.25) is 0 Å². The van der Waals surface area contributed by atoms with Crippen LogP contribution < -0.4 is 11.5 Å². The second-order valence-corrected chi connectivity index (χ2v) is 11.6. The van der Waals surface area contributed by atoms with Gasteiger partial charge in [0.25, 0.3) is 0 Å². The summed E-state index contributed by atoms with van der Waals surface area (Å²) < 4.78 is 0. The lowest BCUT2D eigenvalue weighted by atomic mass is 10.0. The van der Waals surface area contributed by atoms with Gasteiger partial charge in [0.05, 0.1) is 0 Å². The van der Waals surface area contributed by atoms with Gasteiger partial charge in [-0.05, 0) is 19.3 Å². The van der Waals surface area contributed by atoms with Gasteiger partial charge in [-0.1, -0.05) is 118 Å². The molecule has 3 atom stereocenters. The average Bonchev–Trinajstić information content (AvgIpc) is 2.76. The van der Waals surface area contributed by atoms with Crippen LogP contribution in [0.15, 0.2) is 0 Å². The molecule has 0 aliphatic heterocycles. The van der Waals surface area contributed by atoms with Crippen molar-refractivity contribution in [2.24, 2.45) is 11.5 Å². The fourth-order valence-corrected chi connectivity index (χ4v) is 6.47. The molecule has 0 saturated heterocycles. The third-order valence-electron chi connectivity index (χ3n) is 5.75. The molecule has 0 spiro atoms. The van der Waals surface area contributed by atoms with Crippen LogP contribution >= 0.6 is 21.6 Å². The average molecular weight is 493 g/mol. The Hall–Kier alpha value is -0.440. The van der Waals surface area contributed by atoms with Gasteiger partial charge in [0.2, 0.25) is 0 Å². The Labute approximate surface area is 203 Å². The molecule has 8 heteroatoms. The first-order valence-corrected chi connectivity index (χ1v) is 15.0. The van der Waals surface area contributed by atoms with Crippen molar-refractivity contribution in [3.05, 3.63) is 0 Å². The van der Waals surface area contributed by atoms with Gasteiger partial charge in [-0.3, -0.25) is 9.59 Å². The highest BCUT2D eigenvalue weighted by atomic mass is 33.1. The van der Waals surface area contributed by atoms with Crippen molar-refractivity contribution in [2.45, 2.75) is 133 Å². The predicted octanol–water partition coefficient (Wildman–Crippen LogP) is 6.21. The van der Waals surface area contributed by atoms with E-state index in [2.05, 4.69) is 6.92 Å². The van der Waals surface area contributed by atoms with Crippen molar-refractivity contribution in [3.63, 3.8) is 0 Å². The third kappa shape index (κ3) is 20.2. The Balaban J connectivity index is 3.80. The predicted molar refractivity (Wildman–Crippen MR) is 139 cm³/mol. The molecule has 0 aliphatic rings. The van der Waals surface area contributed by atoms with Gasteiger partial charge < -0.3 is 21.7 Å². The van der Waals surface area contributed by atoms with Crippen molar-refractivity contribution in [1.82, 2.24) is 0 Å². The van der Waals surface area contributed by atoms with Crippen LogP contribution in [0.4, 0.5) is 0 Å². The molecule has 0 amide bonds. The Kier molecular flexibility index (Phi) is 22.0. The van der Waals surface area contributed by atoms with Gasteiger partial charge in [0, 0.05) is 11.0 Å². The maximum absolute atomic E-state index is 11.1. The minimum absolute atomic E-state index is 0.171. The Morgan fingerprint density at radius 1 is 0.688 bits per heavy atom. The van der Waals surface area contributed by atoms with Crippen molar-refractivity contribution in [1.29, 1.82) is 0 Å². The van der Waals surface area contributed by atoms with Gasteiger partial charge in [0.15, 0.2) is 0 Å². The molecule has 0 aromatic rings. The largest absolute Gasteiger partial charge is 0.480 e. The summed E-state index contributed by atoms with van der Waals surface area (Å²) in [5, 5.41) is 18.1. The number of unbranched alkanes of at least 4 members (excludes halogenated alkanes) is 13. The zero-order valence-electron chi connectivity index (χ0n) is 20.1. The van der Waals surface area contributed by atoms with Gasteiger partial charge in [-0.2, -0.15) is 0 Å². The van der Waals surface area contributed by atoms with E-state index in [9.17, 15) is 9.59 Å². The van der Waals surface area contributed by atoms with Crippen molar-refractivity contribution >= 4 is 33.5 Å². The molecule has 0 radical (unpaired) electrons. The summed E-state index contributed by atoms with van der Waals surface area (Å²) in [5.41, 5.74) is 11.3. The smallest absolute Gasteiger partial charge is 0.320 e. The first-order valence-electron chi connectivity index (χ1n) is 12.6. The van der Waals surface area contributed by atoms with Crippen LogP contribution in [0.1, 0.15) is 116 Å². The fraction of sp³-hybridized carbons (Fsp3) is 0.917.